The molecule has 1 fully saturated rings. The Morgan fingerprint density at radius 3 is 3.00 bits per heavy atom. The van der Waals surface area contributed by atoms with Crippen molar-refractivity contribution in [3.63, 3.8) is 0 Å². The molecule has 0 aliphatic carbocycles. The molecule has 0 unspecified atom stereocenters. The summed E-state index contributed by atoms with van der Waals surface area (Å²) in [5.41, 5.74) is 0.478. The molecule has 1 aromatic heterocycles. The number of benzene rings is 1. The van der Waals surface area contributed by atoms with E-state index in [1.165, 1.54) is 13.5 Å². The van der Waals surface area contributed by atoms with Crippen LogP contribution in [-0.4, -0.2) is 54.8 Å². The quantitative estimate of drug-likeness (QED) is 0.804. The van der Waals surface area contributed by atoms with Gasteiger partial charge in [-0.3, -0.25) is 9.69 Å². The maximum atomic E-state index is 12.6. The van der Waals surface area contributed by atoms with Crippen LogP contribution in [0.5, 0.6) is 11.5 Å². The predicted octanol–water partition coefficient (Wildman–Crippen LogP) is 1.73. The van der Waals surface area contributed by atoms with Crippen LogP contribution in [0.1, 0.15) is 29.0 Å². The molecular weight excluding hydrogens is 336 g/mol. The van der Waals surface area contributed by atoms with Crippen LogP contribution >= 0.6 is 0 Å². The Kier molecular flexibility index (Phi) is 6.06. The fourth-order valence-corrected chi connectivity index (χ4v) is 3.32. The number of hydrogen-bond acceptors (Lipinski definition) is 7. The van der Waals surface area contributed by atoms with Crippen molar-refractivity contribution in [3.8, 4) is 11.5 Å². The number of carbonyl (C=O) groups is 1. The summed E-state index contributed by atoms with van der Waals surface area (Å²) in [7, 11) is 3.09. The Hall–Kier alpha value is -2.61. The molecule has 1 aromatic carbocycles. The number of likely N-dealkylation sites (tertiary alicyclic amines) is 1. The van der Waals surface area contributed by atoms with Crippen LogP contribution in [0.4, 0.5) is 0 Å². The number of para-hydroxylation sites is 1. The highest BCUT2D eigenvalue weighted by molar-refractivity contribution is 5.97. The Morgan fingerprint density at radius 2 is 2.27 bits per heavy atom. The van der Waals surface area contributed by atoms with Crippen molar-refractivity contribution in [1.29, 1.82) is 0 Å². The molecule has 8 nitrogen and oxygen atoms in total. The molecule has 1 saturated heterocycles. The maximum absolute atomic E-state index is 12.6. The Labute approximate surface area is 152 Å². The summed E-state index contributed by atoms with van der Waals surface area (Å²) in [6.07, 6.45) is 3.51. The topological polar surface area (TPSA) is 89.7 Å². The van der Waals surface area contributed by atoms with Gasteiger partial charge < -0.3 is 19.3 Å². The summed E-state index contributed by atoms with van der Waals surface area (Å²) in [5.74, 6) is 1.92. The summed E-state index contributed by atoms with van der Waals surface area (Å²) in [6, 6.07) is 5.29. The smallest absolute Gasteiger partial charge is 0.255 e. The number of aromatic nitrogens is 2. The lowest BCUT2D eigenvalue weighted by atomic mass is 9.98. The zero-order valence-electron chi connectivity index (χ0n) is 15.1. The van der Waals surface area contributed by atoms with Crippen LogP contribution < -0.4 is 14.8 Å². The number of carbonyl (C=O) groups excluding carboxylic acids is 1. The summed E-state index contributed by atoms with van der Waals surface area (Å²) in [4.78, 5) is 18.9. The summed E-state index contributed by atoms with van der Waals surface area (Å²) < 4.78 is 15.4. The zero-order chi connectivity index (χ0) is 18.4. The van der Waals surface area contributed by atoms with Crippen molar-refractivity contribution in [1.82, 2.24) is 20.4 Å². The third-order valence-electron chi connectivity index (χ3n) is 4.57. The van der Waals surface area contributed by atoms with E-state index in [1.807, 2.05) is 0 Å². The van der Waals surface area contributed by atoms with E-state index in [1.54, 1.807) is 25.3 Å². The van der Waals surface area contributed by atoms with E-state index >= 15 is 0 Å². The van der Waals surface area contributed by atoms with Gasteiger partial charge in [-0.2, -0.15) is 4.98 Å². The van der Waals surface area contributed by atoms with Gasteiger partial charge in [0.1, 0.15) is 0 Å². The molecule has 1 aliphatic heterocycles. The van der Waals surface area contributed by atoms with Crippen LogP contribution in [0.2, 0.25) is 0 Å². The van der Waals surface area contributed by atoms with E-state index in [0.717, 1.165) is 25.9 Å². The Bertz CT molecular complexity index is 720. The van der Waals surface area contributed by atoms with E-state index in [9.17, 15) is 4.79 Å². The fourth-order valence-electron chi connectivity index (χ4n) is 3.32. The van der Waals surface area contributed by atoms with Gasteiger partial charge in [0.2, 0.25) is 6.39 Å². The van der Waals surface area contributed by atoms with Crippen LogP contribution in [-0.2, 0) is 6.54 Å². The SMILES string of the molecule is COc1cccc(C(=O)NC[C@H]2CCCN(Cc3ncon3)C2)c1OC. The third-order valence-corrected chi connectivity index (χ3v) is 4.57. The van der Waals surface area contributed by atoms with Gasteiger partial charge in [0.25, 0.3) is 5.91 Å². The summed E-state index contributed by atoms with van der Waals surface area (Å²) in [5, 5.41) is 6.88. The average molecular weight is 360 g/mol. The molecule has 1 atom stereocenters. The molecule has 0 bridgehead atoms. The maximum Gasteiger partial charge on any atom is 0.255 e. The number of amides is 1. The number of hydrogen-bond donors (Lipinski definition) is 1. The second-order valence-electron chi connectivity index (χ2n) is 6.34. The molecule has 0 radical (unpaired) electrons. The molecule has 26 heavy (non-hydrogen) atoms. The largest absolute Gasteiger partial charge is 0.493 e. The highest BCUT2D eigenvalue weighted by Gasteiger charge is 2.23. The third kappa shape index (κ3) is 4.32. The molecule has 2 aromatic rings. The summed E-state index contributed by atoms with van der Waals surface area (Å²) >= 11 is 0. The lowest BCUT2D eigenvalue weighted by molar-refractivity contribution is 0.0926. The number of rotatable bonds is 7. The van der Waals surface area contributed by atoms with E-state index < -0.39 is 0 Å². The van der Waals surface area contributed by atoms with Gasteiger partial charge in [0.05, 0.1) is 26.3 Å². The highest BCUT2D eigenvalue weighted by Crippen LogP contribution is 2.30. The van der Waals surface area contributed by atoms with Gasteiger partial charge in [-0.15, -0.1) is 0 Å². The molecule has 3 rings (SSSR count). The van der Waals surface area contributed by atoms with Gasteiger partial charge in [-0.1, -0.05) is 11.2 Å². The molecule has 140 valence electrons. The first-order valence-corrected chi connectivity index (χ1v) is 8.68. The molecule has 1 amide bonds. The minimum Gasteiger partial charge on any atom is -0.493 e. The molecule has 1 N–H and O–H groups in total. The minimum atomic E-state index is -0.156. The van der Waals surface area contributed by atoms with E-state index in [2.05, 4.69) is 20.4 Å². The fraction of sp³-hybridized carbons (Fsp3) is 0.500. The normalized spacial score (nSPS) is 17.7. The average Bonchev–Trinajstić information content (AvgIpc) is 3.18. The highest BCUT2D eigenvalue weighted by atomic mass is 16.5. The first-order chi connectivity index (χ1) is 12.7. The van der Waals surface area contributed by atoms with E-state index in [0.29, 0.717) is 41.9 Å². The Balaban J connectivity index is 1.56. The monoisotopic (exact) mass is 360 g/mol. The van der Waals surface area contributed by atoms with Crippen LogP contribution in [0.25, 0.3) is 0 Å². The second-order valence-corrected chi connectivity index (χ2v) is 6.34. The summed E-state index contributed by atoms with van der Waals surface area (Å²) in [6.45, 7) is 3.18. The first kappa shape index (κ1) is 18.2. The molecular formula is C18H24N4O4. The molecule has 0 saturated carbocycles. The van der Waals surface area contributed by atoms with Crippen molar-refractivity contribution in [3.05, 3.63) is 36.0 Å². The van der Waals surface area contributed by atoms with Gasteiger partial charge >= 0.3 is 0 Å². The number of ether oxygens (including phenoxy) is 2. The van der Waals surface area contributed by atoms with Gasteiger partial charge in [-0.25, -0.2) is 0 Å². The van der Waals surface area contributed by atoms with Crippen LogP contribution in [0, 0.1) is 5.92 Å². The van der Waals surface area contributed by atoms with Gasteiger partial charge in [0.15, 0.2) is 17.3 Å². The van der Waals surface area contributed by atoms with E-state index in [-0.39, 0.29) is 5.91 Å². The van der Waals surface area contributed by atoms with Gasteiger partial charge in [-0.05, 0) is 37.4 Å². The molecule has 1 aliphatic rings. The molecule has 2 heterocycles. The lowest BCUT2D eigenvalue weighted by Crippen LogP contribution is -2.40. The number of methoxy groups -OCH3 is 2. The van der Waals surface area contributed by atoms with Crippen LogP contribution in [0.15, 0.2) is 29.1 Å². The van der Waals surface area contributed by atoms with Crippen molar-refractivity contribution < 1.29 is 18.8 Å². The van der Waals surface area contributed by atoms with Crippen molar-refractivity contribution in [2.45, 2.75) is 19.4 Å². The minimum absolute atomic E-state index is 0.156. The van der Waals surface area contributed by atoms with Crippen molar-refractivity contribution in [2.24, 2.45) is 5.92 Å². The van der Waals surface area contributed by atoms with Gasteiger partial charge in [0, 0.05) is 13.1 Å². The van der Waals surface area contributed by atoms with Crippen molar-refractivity contribution in [2.75, 3.05) is 33.9 Å². The first-order valence-electron chi connectivity index (χ1n) is 8.68. The predicted molar refractivity (Wildman–Crippen MR) is 94.2 cm³/mol. The Morgan fingerprint density at radius 1 is 1.38 bits per heavy atom. The second kappa shape index (κ2) is 8.66. The van der Waals surface area contributed by atoms with E-state index in [4.69, 9.17) is 14.0 Å². The van der Waals surface area contributed by atoms with Crippen molar-refractivity contribution >= 4 is 5.91 Å². The molecule has 0 spiro atoms. The zero-order valence-corrected chi connectivity index (χ0v) is 15.1. The van der Waals surface area contributed by atoms with Crippen LogP contribution in [0.3, 0.4) is 0 Å². The standard InChI is InChI=1S/C18H24N4O4/c1-24-15-7-3-6-14(17(15)25-2)18(23)19-9-13-5-4-8-22(10-13)11-16-20-12-26-21-16/h3,6-7,12-13H,4-5,8-11H2,1-2H3,(H,19,23)/t13-/m1/s1. The number of piperidine rings is 1. The lowest BCUT2D eigenvalue weighted by Gasteiger charge is -2.31. The number of nitrogens with zero attached hydrogens (tertiary/aromatic N) is 3. The molecule has 8 heteroatoms. The number of nitrogens with one attached hydrogen (secondary N) is 1.